The van der Waals surface area contributed by atoms with Crippen molar-refractivity contribution in [3.8, 4) is 0 Å². The monoisotopic (exact) mass is 397 g/mol. The highest BCUT2D eigenvalue weighted by Crippen LogP contribution is 2.51. The Hall–Kier alpha value is -0.560. The largest absolute Gasteiger partial charge is 0.307 e. The second-order valence-electron chi connectivity index (χ2n) is 11.2. The van der Waals surface area contributed by atoms with E-state index in [0.29, 0.717) is 12.1 Å². The Morgan fingerprint density at radius 3 is 2.48 bits per heavy atom. The summed E-state index contributed by atoms with van der Waals surface area (Å²) in [6.45, 7) is 6.77. The van der Waals surface area contributed by atoms with E-state index in [9.17, 15) is 0 Å². The Morgan fingerprint density at radius 2 is 1.72 bits per heavy atom. The molecule has 4 aliphatic rings. The Morgan fingerprint density at radius 1 is 0.931 bits per heavy atom. The highest BCUT2D eigenvalue weighted by Gasteiger charge is 2.40. The van der Waals surface area contributed by atoms with Gasteiger partial charge < -0.3 is 5.32 Å². The zero-order chi connectivity index (χ0) is 20.1. The summed E-state index contributed by atoms with van der Waals surface area (Å²) in [5.41, 5.74) is 1.44. The van der Waals surface area contributed by atoms with Crippen molar-refractivity contribution in [3.63, 3.8) is 0 Å². The van der Waals surface area contributed by atoms with Gasteiger partial charge in [0.2, 0.25) is 0 Å². The molecule has 0 heterocycles. The van der Waals surface area contributed by atoms with E-state index in [1.54, 1.807) is 44.9 Å². The minimum Gasteiger partial charge on any atom is -0.307 e. The second kappa shape index (κ2) is 10.7. The summed E-state index contributed by atoms with van der Waals surface area (Å²) in [5.74, 6) is 5.45. The Bertz CT molecular complexity index is 545. The first-order valence-electron chi connectivity index (χ1n) is 13.3. The molecule has 0 amide bonds. The van der Waals surface area contributed by atoms with Crippen LogP contribution in [-0.4, -0.2) is 12.1 Å². The maximum absolute atomic E-state index is 4.44. The number of rotatable bonds is 10. The summed E-state index contributed by atoms with van der Waals surface area (Å²) in [4.78, 5) is 0. The molecule has 6 unspecified atom stereocenters. The first-order chi connectivity index (χ1) is 14.2. The quantitative estimate of drug-likeness (QED) is 0.292. The maximum atomic E-state index is 4.44. The standard InChI is InChI=1S/C28H47N/c1-21(22(2)29-27-13-4-3-5-14-27)10-6-9-15-28(24-17-18-24)26-19-16-23-11-7-8-12-25(23)20-26/h3-4,22-29H,1,5-20H2,2H3. The van der Waals surface area contributed by atoms with E-state index in [1.165, 1.54) is 63.4 Å². The summed E-state index contributed by atoms with van der Waals surface area (Å²) in [6, 6.07) is 1.15. The van der Waals surface area contributed by atoms with E-state index in [0.717, 1.165) is 29.6 Å². The van der Waals surface area contributed by atoms with Crippen LogP contribution in [0, 0.1) is 29.6 Å². The van der Waals surface area contributed by atoms with Crippen LogP contribution < -0.4 is 5.32 Å². The number of allylic oxidation sites excluding steroid dienone is 1. The lowest BCUT2D eigenvalue weighted by Gasteiger charge is -2.42. The first kappa shape index (κ1) is 21.7. The van der Waals surface area contributed by atoms with E-state index in [-0.39, 0.29) is 0 Å². The fraction of sp³-hybridized carbons (Fsp3) is 0.857. The molecule has 3 fully saturated rings. The zero-order valence-electron chi connectivity index (χ0n) is 19.2. The molecule has 1 N–H and O–H groups in total. The van der Waals surface area contributed by atoms with Gasteiger partial charge in [0, 0.05) is 12.1 Å². The normalized spacial score (nSPS) is 34.4. The minimum absolute atomic E-state index is 0.479. The minimum atomic E-state index is 0.479. The van der Waals surface area contributed by atoms with Crippen LogP contribution in [0.2, 0.25) is 0 Å². The van der Waals surface area contributed by atoms with Gasteiger partial charge in [0.25, 0.3) is 0 Å². The SMILES string of the molecule is C=C(CCCCC(C1CC1)C1CCC2CCCCC2C1)C(C)NC1CC=CCC1. The Labute approximate surface area is 181 Å². The van der Waals surface area contributed by atoms with Gasteiger partial charge in [-0.25, -0.2) is 0 Å². The molecule has 6 atom stereocenters. The van der Waals surface area contributed by atoms with Crippen molar-refractivity contribution >= 4 is 0 Å². The molecule has 0 aromatic rings. The molecule has 1 nitrogen and oxygen atoms in total. The van der Waals surface area contributed by atoms with Crippen LogP contribution in [0.25, 0.3) is 0 Å². The van der Waals surface area contributed by atoms with Crippen LogP contribution in [0.4, 0.5) is 0 Å². The molecule has 164 valence electrons. The van der Waals surface area contributed by atoms with Crippen molar-refractivity contribution in [1.82, 2.24) is 5.32 Å². The van der Waals surface area contributed by atoms with Crippen molar-refractivity contribution in [2.45, 2.75) is 122 Å². The molecule has 4 rings (SSSR count). The molecule has 0 aromatic heterocycles. The van der Waals surface area contributed by atoms with Gasteiger partial charge >= 0.3 is 0 Å². The predicted molar refractivity (Wildman–Crippen MR) is 126 cm³/mol. The highest BCUT2D eigenvalue weighted by atomic mass is 14.9. The molecule has 0 spiro atoms. The number of hydrogen-bond acceptors (Lipinski definition) is 1. The second-order valence-corrected chi connectivity index (χ2v) is 11.2. The predicted octanol–water partition coefficient (Wildman–Crippen LogP) is 7.82. The highest BCUT2D eigenvalue weighted by molar-refractivity contribution is 5.05. The fourth-order valence-electron chi connectivity index (χ4n) is 7.04. The average molecular weight is 398 g/mol. The molecule has 29 heavy (non-hydrogen) atoms. The van der Waals surface area contributed by atoms with E-state index in [2.05, 4.69) is 31.0 Å². The average Bonchev–Trinajstić information content (AvgIpc) is 3.59. The number of fused-ring (bicyclic) bond motifs is 1. The van der Waals surface area contributed by atoms with Crippen molar-refractivity contribution < 1.29 is 0 Å². The third-order valence-electron chi connectivity index (χ3n) is 9.07. The van der Waals surface area contributed by atoms with Gasteiger partial charge in [-0.2, -0.15) is 0 Å². The van der Waals surface area contributed by atoms with Crippen LogP contribution in [0.1, 0.15) is 110 Å². The van der Waals surface area contributed by atoms with Gasteiger partial charge in [0.1, 0.15) is 0 Å². The van der Waals surface area contributed by atoms with Gasteiger partial charge in [0.15, 0.2) is 0 Å². The van der Waals surface area contributed by atoms with Crippen LogP contribution in [0.5, 0.6) is 0 Å². The molecule has 1 heteroatoms. The molecule has 0 aliphatic heterocycles. The van der Waals surface area contributed by atoms with E-state index < -0.39 is 0 Å². The summed E-state index contributed by atoms with van der Waals surface area (Å²) in [7, 11) is 0. The molecule has 0 radical (unpaired) electrons. The lowest BCUT2D eigenvalue weighted by Crippen LogP contribution is -2.37. The number of unbranched alkanes of at least 4 members (excludes halogenated alkanes) is 1. The van der Waals surface area contributed by atoms with Gasteiger partial charge in [-0.05, 0) is 107 Å². The molecule has 0 aromatic carbocycles. The molecule has 4 aliphatic carbocycles. The maximum Gasteiger partial charge on any atom is 0.0251 e. The first-order valence-corrected chi connectivity index (χ1v) is 13.3. The van der Waals surface area contributed by atoms with Gasteiger partial charge in [-0.1, -0.05) is 56.4 Å². The lowest BCUT2D eigenvalue weighted by atomic mass is 9.63. The van der Waals surface area contributed by atoms with Gasteiger partial charge in [0.05, 0.1) is 0 Å². The molecular weight excluding hydrogens is 350 g/mol. The van der Waals surface area contributed by atoms with Crippen LogP contribution in [0.3, 0.4) is 0 Å². The fourth-order valence-corrected chi connectivity index (χ4v) is 7.04. The molecule has 0 saturated heterocycles. The van der Waals surface area contributed by atoms with E-state index >= 15 is 0 Å². The summed E-state index contributed by atoms with van der Waals surface area (Å²) >= 11 is 0. The van der Waals surface area contributed by atoms with Crippen molar-refractivity contribution in [2.75, 3.05) is 0 Å². The van der Waals surface area contributed by atoms with Crippen molar-refractivity contribution in [1.29, 1.82) is 0 Å². The molecule has 0 bridgehead atoms. The van der Waals surface area contributed by atoms with Crippen LogP contribution in [-0.2, 0) is 0 Å². The van der Waals surface area contributed by atoms with Gasteiger partial charge in [-0.15, -0.1) is 0 Å². The smallest absolute Gasteiger partial charge is 0.0251 e. The Balaban J connectivity index is 1.16. The van der Waals surface area contributed by atoms with Crippen LogP contribution >= 0.6 is 0 Å². The van der Waals surface area contributed by atoms with Crippen LogP contribution in [0.15, 0.2) is 24.3 Å². The van der Waals surface area contributed by atoms with E-state index in [4.69, 9.17) is 0 Å². The third kappa shape index (κ3) is 6.22. The number of nitrogens with one attached hydrogen (secondary N) is 1. The molecule has 3 saturated carbocycles. The third-order valence-corrected chi connectivity index (χ3v) is 9.07. The zero-order valence-corrected chi connectivity index (χ0v) is 19.2. The van der Waals surface area contributed by atoms with Crippen molar-refractivity contribution in [3.05, 3.63) is 24.3 Å². The molecular formula is C28H47N. The summed E-state index contributed by atoms with van der Waals surface area (Å²) in [5, 5.41) is 3.82. The summed E-state index contributed by atoms with van der Waals surface area (Å²) in [6.07, 6.45) is 27.9. The topological polar surface area (TPSA) is 12.0 Å². The van der Waals surface area contributed by atoms with Gasteiger partial charge in [-0.3, -0.25) is 0 Å². The summed E-state index contributed by atoms with van der Waals surface area (Å²) < 4.78 is 0. The van der Waals surface area contributed by atoms with E-state index in [1.807, 2.05) is 0 Å². The Kier molecular flexibility index (Phi) is 7.96. The van der Waals surface area contributed by atoms with Crippen molar-refractivity contribution in [2.24, 2.45) is 29.6 Å². The lowest BCUT2D eigenvalue weighted by molar-refractivity contribution is 0.0878. The number of hydrogen-bond donors (Lipinski definition) is 1.